The fourth-order valence-electron chi connectivity index (χ4n) is 9.17. The molecule has 1 saturated carbocycles. The molecule has 6 aromatic rings. The summed E-state index contributed by atoms with van der Waals surface area (Å²) < 4.78 is 65.4. The van der Waals surface area contributed by atoms with Crippen molar-refractivity contribution in [1.29, 1.82) is 0 Å². The number of aromatic nitrogens is 2. The quantitative estimate of drug-likeness (QED) is 0.102. The number of nitrogens with one attached hydrogen (secondary N) is 3. The van der Waals surface area contributed by atoms with Crippen LogP contribution in [-0.2, 0) is 20.2 Å². The predicted octanol–water partition coefficient (Wildman–Crippen LogP) is 8.66. The van der Waals surface area contributed by atoms with E-state index in [0.29, 0.717) is 70.7 Å². The minimum Gasteiger partial charge on any atom is -0.395 e. The maximum absolute atomic E-state index is 13.8. The van der Waals surface area contributed by atoms with E-state index >= 15 is 0 Å². The lowest BCUT2D eigenvalue weighted by Crippen LogP contribution is -2.45. The number of aryl methyl sites for hydroxylation is 1. The van der Waals surface area contributed by atoms with E-state index in [0.717, 1.165) is 78.9 Å². The Labute approximate surface area is 393 Å². The minimum absolute atomic E-state index is 0.0309. The molecule has 10 rings (SSSR count). The molecule has 0 radical (unpaired) electrons. The Bertz CT molecular complexity index is 2980. The number of thiophene rings is 1. The Balaban J connectivity index is 0.676. The highest BCUT2D eigenvalue weighted by Crippen LogP contribution is 2.52. The van der Waals surface area contributed by atoms with Crippen molar-refractivity contribution < 1.29 is 41.1 Å². The molecule has 1 aliphatic carbocycles. The average Bonchev–Trinajstić information content (AvgIpc) is 3.58. The monoisotopic (exact) mass is 967 g/mol. The highest BCUT2D eigenvalue weighted by Gasteiger charge is 2.53. The molecule has 3 aliphatic heterocycles. The van der Waals surface area contributed by atoms with Crippen molar-refractivity contribution in [2.24, 2.45) is 5.92 Å². The number of likely N-dealkylation sites (tertiary alicyclic amines) is 2. The molecule has 14 nitrogen and oxygen atoms in total. The summed E-state index contributed by atoms with van der Waals surface area (Å²) in [6.07, 6.45) is 1.90. The summed E-state index contributed by atoms with van der Waals surface area (Å²) in [4.78, 5) is 54.3. The summed E-state index contributed by atoms with van der Waals surface area (Å²) in [7, 11) is -3.69. The normalized spacial score (nSPS) is 18.2. The van der Waals surface area contributed by atoms with Crippen LogP contribution >= 0.6 is 22.7 Å². The van der Waals surface area contributed by atoms with Gasteiger partial charge in [-0.25, -0.2) is 18.4 Å². The summed E-state index contributed by atoms with van der Waals surface area (Å²) in [6.45, 7) is 5.99. The second-order valence-corrected chi connectivity index (χ2v) is 21.5. The van der Waals surface area contributed by atoms with E-state index in [1.165, 1.54) is 23.5 Å². The maximum atomic E-state index is 13.8. The lowest BCUT2D eigenvalue weighted by molar-refractivity contribution is -0.286. The number of thiazole rings is 1. The number of anilines is 2. The van der Waals surface area contributed by atoms with Gasteiger partial charge in [-0.2, -0.15) is 0 Å². The van der Waals surface area contributed by atoms with Crippen LogP contribution in [0.15, 0.2) is 94.5 Å². The summed E-state index contributed by atoms with van der Waals surface area (Å²) in [5, 5.41) is 8.15. The topological polar surface area (TPSA) is 172 Å². The second-order valence-electron chi connectivity index (χ2n) is 17.7. The number of pyridine rings is 1. The zero-order valence-corrected chi connectivity index (χ0v) is 38.9. The third kappa shape index (κ3) is 9.59. The van der Waals surface area contributed by atoms with Crippen molar-refractivity contribution in [3.63, 3.8) is 0 Å². The Morgan fingerprint density at radius 3 is 2.42 bits per heavy atom. The summed E-state index contributed by atoms with van der Waals surface area (Å²) >= 11 is 2.38. The van der Waals surface area contributed by atoms with Crippen LogP contribution in [0.1, 0.15) is 76.2 Å². The number of piperidine rings is 2. The van der Waals surface area contributed by atoms with Gasteiger partial charge in [-0.1, -0.05) is 30.3 Å². The molecule has 19 heteroatoms. The number of benzene rings is 3. The van der Waals surface area contributed by atoms with Gasteiger partial charge in [0.2, 0.25) is 5.91 Å². The van der Waals surface area contributed by atoms with Crippen LogP contribution in [0.4, 0.5) is 20.3 Å². The molecular formula is C48H47F2N7O7S3. The number of amides is 3. The van der Waals surface area contributed by atoms with E-state index in [-0.39, 0.29) is 39.5 Å². The largest absolute Gasteiger partial charge is 0.586 e. The van der Waals surface area contributed by atoms with Gasteiger partial charge in [0.25, 0.3) is 21.8 Å². The van der Waals surface area contributed by atoms with Crippen LogP contribution in [0.25, 0.3) is 21.5 Å². The van der Waals surface area contributed by atoms with Gasteiger partial charge >= 0.3 is 6.29 Å². The molecule has 3 aromatic carbocycles. The van der Waals surface area contributed by atoms with Gasteiger partial charge in [0.1, 0.15) is 10.0 Å². The molecule has 0 atom stereocenters. The first-order chi connectivity index (χ1) is 32.2. The fraction of sp³-hybridized carbons (Fsp3) is 0.354. The highest BCUT2D eigenvalue weighted by atomic mass is 32.2. The van der Waals surface area contributed by atoms with Crippen molar-refractivity contribution in [3.8, 4) is 22.8 Å². The molecule has 3 amide bonds. The summed E-state index contributed by atoms with van der Waals surface area (Å²) in [5.74, 6) is 0.130. The molecule has 348 valence electrons. The van der Waals surface area contributed by atoms with Crippen LogP contribution in [0.5, 0.6) is 11.5 Å². The molecule has 67 heavy (non-hydrogen) atoms. The summed E-state index contributed by atoms with van der Waals surface area (Å²) in [6, 6.07) is 23.8. The third-order valence-corrected chi connectivity index (χ3v) is 16.9. The first kappa shape index (κ1) is 44.8. The zero-order chi connectivity index (χ0) is 46.5. The first-order valence-corrected chi connectivity index (χ1v) is 25.5. The van der Waals surface area contributed by atoms with Crippen LogP contribution in [0, 0.1) is 12.8 Å². The Morgan fingerprint density at radius 1 is 0.866 bits per heavy atom. The van der Waals surface area contributed by atoms with Crippen molar-refractivity contribution in [2.45, 2.75) is 73.8 Å². The number of carbonyl (C=O) groups is 3. The van der Waals surface area contributed by atoms with E-state index in [9.17, 15) is 31.6 Å². The number of hydrogen-bond acceptors (Lipinski definition) is 12. The summed E-state index contributed by atoms with van der Waals surface area (Å²) in [5.41, 5.74) is 3.55. The van der Waals surface area contributed by atoms with Crippen molar-refractivity contribution in [2.75, 3.05) is 42.8 Å². The van der Waals surface area contributed by atoms with Crippen LogP contribution in [-0.4, -0.2) is 91.0 Å². The van der Waals surface area contributed by atoms with Crippen LogP contribution in [0.3, 0.4) is 0 Å². The number of sulfonamides is 1. The van der Waals surface area contributed by atoms with Gasteiger partial charge in [0.15, 0.2) is 16.5 Å². The first-order valence-electron chi connectivity index (χ1n) is 22.3. The number of carbonyl (C=O) groups excluding carboxylic acids is 3. The van der Waals surface area contributed by atoms with Gasteiger partial charge in [0, 0.05) is 43.3 Å². The lowest BCUT2D eigenvalue weighted by Gasteiger charge is -2.35. The number of nitrogens with zero attached hydrogens (tertiary/aromatic N) is 4. The van der Waals surface area contributed by atoms with E-state index in [1.807, 2.05) is 42.2 Å². The minimum atomic E-state index is -3.74. The molecule has 6 heterocycles. The van der Waals surface area contributed by atoms with Gasteiger partial charge in [-0.15, -0.1) is 31.5 Å². The van der Waals surface area contributed by atoms with Gasteiger partial charge in [0.05, 0.1) is 27.0 Å². The fourth-order valence-corrected chi connectivity index (χ4v) is 12.1. The van der Waals surface area contributed by atoms with Crippen molar-refractivity contribution >= 4 is 72.1 Å². The predicted molar refractivity (Wildman–Crippen MR) is 252 cm³/mol. The van der Waals surface area contributed by atoms with Crippen LogP contribution < -0.4 is 24.8 Å². The van der Waals surface area contributed by atoms with Crippen molar-refractivity contribution in [3.05, 3.63) is 112 Å². The lowest BCUT2D eigenvalue weighted by atomic mass is 9.92. The zero-order valence-electron chi connectivity index (χ0n) is 36.4. The Morgan fingerprint density at radius 2 is 1.66 bits per heavy atom. The second kappa shape index (κ2) is 17.9. The van der Waals surface area contributed by atoms with Gasteiger partial charge in [-0.05, 0) is 135 Å². The molecule has 3 aromatic heterocycles. The third-order valence-electron chi connectivity index (χ3n) is 13.1. The molecule has 0 spiro atoms. The smallest absolute Gasteiger partial charge is 0.395 e. The number of halogens is 2. The van der Waals surface area contributed by atoms with E-state index in [4.69, 9.17) is 4.98 Å². The van der Waals surface area contributed by atoms with Gasteiger partial charge in [-0.3, -0.25) is 19.1 Å². The van der Waals surface area contributed by atoms with Crippen molar-refractivity contribution in [1.82, 2.24) is 25.1 Å². The molecule has 0 bridgehead atoms. The standard InChI is InChI=1S/C48H47F2N7O7S3/c1-29-7-12-40(54-46(60)47(18-19-47)33-8-11-37-38(27-33)64-48(49,50)63-37)53-42(29)31-4-2-5-32(26-31)45(59)57-23-14-30(15-24-57)13-20-56-21-16-34(17-22-56)51-43(58)44-52-36-10-9-35(28-39(36)66-44)55-67(61,62)41-6-3-25-65-41/h2-12,25-28,30,34,55H,13-24H2,1H3,(H,51,58)(H,53,54,60). The molecular weight excluding hydrogens is 921 g/mol. The average molecular weight is 968 g/mol. The molecule has 4 aliphatic rings. The van der Waals surface area contributed by atoms with E-state index < -0.39 is 21.7 Å². The molecule has 2 saturated heterocycles. The Kier molecular flexibility index (Phi) is 12.0. The number of ether oxygens (including phenoxy) is 2. The SMILES string of the molecule is Cc1ccc(NC(=O)C2(c3ccc4c(c3)OC(F)(F)O4)CC2)nc1-c1cccc(C(=O)N2CCC(CCN3CCC(NC(=O)c4nc5ccc(NS(=O)(=O)c6cccs6)cc5s4)CC3)CC2)c1. The number of fused-ring (bicyclic) bond motifs is 2. The molecule has 3 fully saturated rings. The maximum Gasteiger partial charge on any atom is 0.586 e. The molecule has 0 unspecified atom stereocenters. The highest BCUT2D eigenvalue weighted by molar-refractivity contribution is 7.94. The number of hydrogen-bond donors (Lipinski definition) is 3. The number of rotatable bonds is 13. The van der Waals surface area contributed by atoms with E-state index in [1.54, 1.807) is 47.8 Å². The van der Waals surface area contributed by atoms with E-state index in [2.05, 4.69) is 34.7 Å². The Hall–Kier alpha value is -6.02. The molecule has 3 N–H and O–H groups in total. The number of alkyl halides is 2. The van der Waals surface area contributed by atoms with Crippen LogP contribution in [0.2, 0.25) is 0 Å². The van der Waals surface area contributed by atoms with Gasteiger partial charge < -0.3 is 29.9 Å².